The van der Waals surface area contributed by atoms with Gasteiger partial charge in [-0.1, -0.05) is 37.3 Å². The maximum absolute atomic E-state index is 13.0. The number of benzene rings is 2. The lowest BCUT2D eigenvalue weighted by Gasteiger charge is -2.35. The van der Waals surface area contributed by atoms with Crippen LogP contribution < -0.4 is 10.1 Å². The molecule has 3 amide bonds. The highest BCUT2D eigenvalue weighted by atomic mass is 32.2. The second-order valence-corrected chi connectivity index (χ2v) is 11.3. The van der Waals surface area contributed by atoms with Gasteiger partial charge in [0.05, 0.1) is 6.54 Å². The molecule has 43 heavy (non-hydrogen) atoms. The molecule has 2 aliphatic rings. The SMILES string of the molecule is CCC(=O)NC(=O)C(C)N1Cc2c(OCc3ccc(CN4CCN(C(=N)SC(=N)C(F)(F)F)CC4)cc3)cccc2C1=O. The number of nitrogens with zero attached hydrogens (tertiary/aromatic N) is 3. The van der Waals surface area contributed by atoms with Crippen molar-refractivity contribution in [1.29, 1.82) is 10.8 Å². The van der Waals surface area contributed by atoms with Gasteiger partial charge in [-0.2, -0.15) is 13.2 Å². The third-order valence-electron chi connectivity index (χ3n) is 7.32. The highest BCUT2D eigenvalue weighted by molar-refractivity contribution is 8.26. The number of carbonyl (C=O) groups is 3. The Morgan fingerprint density at radius 2 is 1.70 bits per heavy atom. The lowest BCUT2D eigenvalue weighted by atomic mass is 10.1. The molecule has 0 aliphatic carbocycles. The normalized spacial score (nSPS) is 16.1. The molecule has 0 aromatic heterocycles. The van der Waals surface area contributed by atoms with Crippen LogP contribution in [0.15, 0.2) is 42.5 Å². The van der Waals surface area contributed by atoms with Crippen LogP contribution in [0.25, 0.3) is 0 Å². The Morgan fingerprint density at radius 3 is 2.33 bits per heavy atom. The van der Waals surface area contributed by atoms with Crippen LogP contribution in [-0.4, -0.2) is 81.0 Å². The second-order valence-electron chi connectivity index (χ2n) is 10.3. The molecule has 1 fully saturated rings. The molecule has 4 rings (SSSR count). The summed E-state index contributed by atoms with van der Waals surface area (Å²) in [6.07, 6.45) is -4.58. The first kappa shape index (κ1) is 32.0. The molecule has 0 spiro atoms. The molecule has 2 aromatic rings. The van der Waals surface area contributed by atoms with Crippen molar-refractivity contribution < 1.29 is 32.3 Å². The van der Waals surface area contributed by atoms with E-state index < -0.39 is 29.1 Å². The van der Waals surface area contributed by atoms with E-state index in [4.69, 9.17) is 15.6 Å². The number of fused-ring (bicyclic) bond motifs is 1. The van der Waals surface area contributed by atoms with Crippen LogP contribution in [0.2, 0.25) is 0 Å². The van der Waals surface area contributed by atoms with Crippen LogP contribution in [0.5, 0.6) is 5.75 Å². The summed E-state index contributed by atoms with van der Waals surface area (Å²) in [5, 5.41) is 15.5. The molecule has 1 unspecified atom stereocenters. The summed E-state index contributed by atoms with van der Waals surface area (Å²) < 4.78 is 43.9. The molecule has 2 aliphatic heterocycles. The van der Waals surface area contributed by atoms with Gasteiger partial charge in [-0.25, -0.2) is 0 Å². The number of amidine groups is 1. The number of thioether (sulfide) groups is 1. The minimum Gasteiger partial charge on any atom is -0.489 e. The number of piperazine rings is 1. The molecular weight excluding hydrogens is 585 g/mol. The van der Waals surface area contributed by atoms with E-state index in [0.717, 1.165) is 11.1 Å². The van der Waals surface area contributed by atoms with Crippen molar-refractivity contribution in [2.24, 2.45) is 0 Å². The average Bonchev–Trinajstić information content (AvgIpc) is 3.32. The molecule has 10 nitrogen and oxygen atoms in total. The fourth-order valence-corrected chi connectivity index (χ4v) is 5.35. The second kappa shape index (κ2) is 13.6. The quantitative estimate of drug-likeness (QED) is 0.301. The van der Waals surface area contributed by atoms with Crippen molar-refractivity contribution >= 4 is 39.7 Å². The molecule has 1 saturated heterocycles. The predicted octanol–water partition coefficient (Wildman–Crippen LogP) is 3.99. The van der Waals surface area contributed by atoms with Crippen LogP contribution >= 0.6 is 11.8 Å². The summed E-state index contributed by atoms with van der Waals surface area (Å²) in [6.45, 7) is 6.30. The molecule has 2 aromatic carbocycles. The Kier molecular flexibility index (Phi) is 10.1. The Morgan fingerprint density at radius 1 is 1.05 bits per heavy atom. The molecular formula is C29H33F3N6O4S. The Bertz CT molecular complexity index is 1390. The Labute approximate surface area is 251 Å². The third kappa shape index (κ3) is 7.93. The van der Waals surface area contributed by atoms with Crippen molar-refractivity contribution in [3.8, 4) is 5.75 Å². The van der Waals surface area contributed by atoms with Crippen LogP contribution in [0.3, 0.4) is 0 Å². The molecule has 3 N–H and O–H groups in total. The Hall–Kier alpha value is -3.91. The number of hydrogen-bond acceptors (Lipinski definition) is 8. The summed E-state index contributed by atoms with van der Waals surface area (Å²) in [5.41, 5.74) is 3.11. The van der Waals surface area contributed by atoms with Gasteiger partial charge < -0.3 is 14.5 Å². The first-order valence-electron chi connectivity index (χ1n) is 13.7. The lowest BCUT2D eigenvalue weighted by molar-refractivity contribution is -0.132. The molecule has 0 radical (unpaired) electrons. The maximum Gasteiger partial charge on any atom is 0.439 e. The minimum atomic E-state index is -4.74. The molecule has 1 atom stereocenters. The number of imide groups is 1. The maximum atomic E-state index is 13.0. The fraction of sp³-hybridized carbons (Fsp3) is 0.414. The zero-order valence-electron chi connectivity index (χ0n) is 23.8. The van der Waals surface area contributed by atoms with Crippen LogP contribution in [-0.2, 0) is 29.3 Å². The van der Waals surface area contributed by atoms with Gasteiger partial charge in [0.2, 0.25) is 11.8 Å². The molecule has 230 valence electrons. The summed E-state index contributed by atoms with van der Waals surface area (Å²) >= 11 is 0.125. The topological polar surface area (TPSA) is 130 Å². The first-order valence-corrected chi connectivity index (χ1v) is 14.6. The van der Waals surface area contributed by atoms with E-state index in [1.54, 1.807) is 36.9 Å². The van der Waals surface area contributed by atoms with Crippen molar-refractivity contribution in [2.75, 3.05) is 26.2 Å². The van der Waals surface area contributed by atoms with Crippen LogP contribution in [0.1, 0.15) is 47.3 Å². The number of nitrogens with one attached hydrogen (secondary N) is 3. The van der Waals surface area contributed by atoms with Gasteiger partial charge in [-0.15, -0.1) is 0 Å². The van der Waals surface area contributed by atoms with Gasteiger partial charge in [-0.05, 0) is 41.9 Å². The van der Waals surface area contributed by atoms with Gasteiger partial charge >= 0.3 is 6.18 Å². The molecule has 0 saturated carbocycles. The highest BCUT2D eigenvalue weighted by Gasteiger charge is 2.37. The molecule has 14 heteroatoms. The van der Waals surface area contributed by atoms with E-state index in [0.29, 0.717) is 49.6 Å². The number of halogens is 3. The fourth-order valence-electron chi connectivity index (χ4n) is 4.73. The summed E-state index contributed by atoms with van der Waals surface area (Å²) in [6, 6.07) is 12.2. The van der Waals surface area contributed by atoms with E-state index in [9.17, 15) is 27.6 Å². The van der Waals surface area contributed by atoms with Gasteiger partial charge in [0.15, 0.2) is 10.2 Å². The highest BCUT2D eigenvalue weighted by Crippen LogP contribution is 2.33. The van der Waals surface area contributed by atoms with E-state index in [-0.39, 0.29) is 42.4 Å². The van der Waals surface area contributed by atoms with Crippen LogP contribution in [0, 0.1) is 10.8 Å². The Balaban J connectivity index is 1.27. The summed E-state index contributed by atoms with van der Waals surface area (Å²) in [5.74, 6) is -0.686. The van der Waals surface area contributed by atoms with Gasteiger partial charge in [0, 0.05) is 50.3 Å². The van der Waals surface area contributed by atoms with Gasteiger partial charge in [-0.3, -0.25) is 35.4 Å². The molecule has 2 heterocycles. The van der Waals surface area contributed by atoms with Crippen molar-refractivity contribution in [3.05, 3.63) is 64.7 Å². The van der Waals surface area contributed by atoms with E-state index in [1.165, 1.54) is 4.90 Å². The van der Waals surface area contributed by atoms with E-state index in [1.807, 2.05) is 24.3 Å². The zero-order chi connectivity index (χ0) is 31.3. The van der Waals surface area contributed by atoms with Crippen LogP contribution in [0.4, 0.5) is 13.2 Å². The smallest absolute Gasteiger partial charge is 0.439 e. The van der Waals surface area contributed by atoms with Crippen molar-refractivity contribution in [1.82, 2.24) is 20.0 Å². The lowest BCUT2D eigenvalue weighted by Crippen LogP contribution is -2.47. The van der Waals surface area contributed by atoms with Gasteiger partial charge in [0.25, 0.3) is 5.91 Å². The monoisotopic (exact) mass is 618 g/mol. The number of carbonyl (C=O) groups excluding carboxylic acids is 3. The average molecular weight is 619 g/mol. The molecule has 0 bridgehead atoms. The van der Waals surface area contributed by atoms with Gasteiger partial charge in [0.1, 0.15) is 18.4 Å². The summed E-state index contributed by atoms with van der Waals surface area (Å²) in [7, 11) is 0. The van der Waals surface area contributed by atoms with Crippen molar-refractivity contribution in [2.45, 2.75) is 52.2 Å². The zero-order valence-corrected chi connectivity index (χ0v) is 24.6. The minimum absolute atomic E-state index is 0.125. The van der Waals surface area contributed by atoms with E-state index in [2.05, 4.69) is 10.2 Å². The number of rotatable bonds is 8. The number of hydrogen-bond donors (Lipinski definition) is 3. The number of ether oxygens (including phenoxy) is 1. The third-order valence-corrected chi connectivity index (χ3v) is 8.21. The van der Waals surface area contributed by atoms with E-state index >= 15 is 0 Å². The largest absolute Gasteiger partial charge is 0.489 e. The number of alkyl halides is 3. The first-order chi connectivity index (χ1) is 20.4. The predicted molar refractivity (Wildman–Crippen MR) is 156 cm³/mol. The number of amides is 3. The van der Waals surface area contributed by atoms with Crippen molar-refractivity contribution in [3.63, 3.8) is 0 Å². The standard InChI is InChI=1S/C29H33F3N6O4S/c1-3-24(39)35-25(40)18(2)38-16-22-21(26(38)41)5-4-6-23(22)42-17-20-9-7-19(8-10-20)15-36-11-13-37(14-12-36)28(34)43-27(33)29(30,31)32/h4-10,18,33-34H,3,11-17H2,1-2H3,(H,35,39,40). The summed E-state index contributed by atoms with van der Waals surface area (Å²) in [4.78, 5) is 42.2.